The van der Waals surface area contributed by atoms with Crippen molar-refractivity contribution in [1.82, 2.24) is 15.5 Å². The van der Waals surface area contributed by atoms with Gasteiger partial charge in [0.1, 0.15) is 0 Å². The Kier molecular flexibility index (Phi) is 8.44. The van der Waals surface area contributed by atoms with Crippen molar-refractivity contribution in [3.05, 3.63) is 28.2 Å². The first-order chi connectivity index (χ1) is 13.3. The smallest absolute Gasteiger partial charge is 0.321 e. The molecule has 7 nitrogen and oxygen atoms in total. The Balaban J connectivity index is 1.79. The average Bonchev–Trinajstić information content (AvgIpc) is 2.64. The zero-order chi connectivity index (χ0) is 20.7. The zero-order valence-corrected chi connectivity index (χ0v) is 18.3. The number of carbonyl (C=O) groups is 3. The summed E-state index contributed by atoms with van der Waals surface area (Å²) in [5.74, 6) is -0.650. The summed E-state index contributed by atoms with van der Waals surface area (Å²) in [4.78, 5) is 38.3. The minimum atomic E-state index is -0.617. The van der Waals surface area contributed by atoms with Crippen LogP contribution in [-0.2, 0) is 9.59 Å². The normalized spacial score (nSPS) is 15.8. The predicted octanol–water partition coefficient (Wildman–Crippen LogP) is 3.17. The summed E-state index contributed by atoms with van der Waals surface area (Å²) in [5.41, 5.74) is 1.67. The van der Waals surface area contributed by atoms with Crippen molar-refractivity contribution >= 4 is 39.5 Å². The SMILES string of the molecule is Cc1cc(Br)ccc1NC(=O)CN(C)C(C)C(=O)NC(=O)NC1CCCCC1. The van der Waals surface area contributed by atoms with Gasteiger partial charge in [0.2, 0.25) is 11.8 Å². The molecule has 2 rings (SSSR count). The molecule has 0 spiro atoms. The van der Waals surface area contributed by atoms with Gasteiger partial charge in [-0.25, -0.2) is 4.79 Å². The van der Waals surface area contributed by atoms with E-state index in [0.717, 1.165) is 41.4 Å². The third-order valence-corrected chi connectivity index (χ3v) is 5.57. The van der Waals surface area contributed by atoms with Crippen LogP contribution in [0.2, 0.25) is 0 Å². The Morgan fingerprint density at radius 3 is 2.54 bits per heavy atom. The number of carbonyl (C=O) groups excluding carboxylic acids is 3. The number of nitrogens with zero attached hydrogens (tertiary/aromatic N) is 1. The van der Waals surface area contributed by atoms with E-state index in [0.29, 0.717) is 0 Å². The average molecular weight is 453 g/mol. The molecule has 1 unspecified atom stereocenters. The highest BCUT2D eigenvalue weighted by Gasteiger charge is 2.23. The van der Waals surface area contributed by atoms with E-state index in [9.17, 15) is 14.4 Å². The number of urea groups is 1. The molecule has 0 aliphatic heterocycles. The second kappa shape index (κ2) is 10.6. The summed E-state index contributed by atoms with van der Waals surface area (Å²) in [5, 5.41) is 8.08. The molecule has 3 N–H and O–H groups in total. The van der Waals surface area contributed by atoms with Crippen LogP contribution >= 0.6 is 15.9 Å². The minimum absolute atomic E-state index is 0.0360. The summed E-state index contributed by atoms with van der Waals surface area (Å²) in [6.07, 6.45) is 5.30. The Morgan fingerprint density at radius 2 is 1.89 bits per heavy atom. The van der Waals surface area contributed by atoms with Crippen molar-refractivity contribution in [3.8, 4) is 0 Å². The van der Waals surface area contributed by atoms with Crippen LogP contribution in [0.4, 0.5) is 10.5 Å². The Hall–Kier alpha value is -1.93. The summed E-state index contributed by atoms with van der Waals surface area (Å²) in [6, 6.07) is 4.65. The second-order valence-corrected chi connectivity index (χ2v) is 8.31. The number of likely N-dealkylation sites (N-methyl/N-ethyl adjacent to an activating group) is 1. The van der Waals surface area contributed by atoms with Gasteiger partial charge in [0.05, 0.1) is 12.6 Å². The van der Waals surface area contributed by atoms with E-state index in [-0.39, 0.29) is 18.5 Å². The lowest BCUT2D eigenvalue weighted by molar-refractivity contribution is -0.125. The van der Waals surface area contributed by atoms with E-state index in [2.05, 4.69) is 31.9 Å². The van der Waals surface area contributed by atoms with Gasteiger partial charge < -0.3 is 10.6 Å². The number of nitrogens with one attached hydrogen (secondary N) is 3. The van der Waals surface area contributed by atoms with Crippen LogP contribution in [0.5, 0.6) is 0 Å². The number of benzene rings is 1. The molecule has 154 valence electrons. The topological polar surface area (TPSA) is 90.5 Å². The third-order valence-electron chi connectivity index (χ3n) is 5.07. The van der Waals surface area contributed by atoms with Crippen molar-refractivity contribution in [2.75, 3.05) is 18.9 Å². The maximum atomic E-state index is 12.3. The van der Waals surface area contributed by atoms with Gasteiger partial charge in [0.25, 0.3) is 0 Å². The van der Waals surface area contributed by atoms with Crippen LogP contribution in [-0.4, -0.2) is 48.4 Å². The molecular weight excluding hydrogens is 424 g/mol. The Morgan fingerprint density at radius 1 is 1.21 bits per heavy atom. The fourth-order valence-corrected chi connectivity index (χ4v) is 3.68. The highest BCUT2D eigenvalue weighted by molar-refractivity contribution is 9.10. The summed E-state index contributed by atoms with van der Waals surface area (Å²) < 4.78 is 0.942. The summed E-state index contributed by atoms with van der Waals surface area (Å²) >= 11 is 3.39. The zero-order valence-electron chi connectivity index (χ0n) is 16.7. The minimum Gasteiger partial charge on any atom is -0.335 e. The van der Waals surface area contributed by atoms with Gasteiger partial charge in [-0.05, 0) is 57.5 Å². The largest absolute Gasteiger partial charge is 0.335 e. The Labute approximate surface area is 174 Å². The molecule has 1 atom stereocenters. The van der Waals surface area contributed by atoms with E-state index in [4.69, 9.17) is 0 Å². The summed E-state index contributed by atoms with van der Waals surface area (Å²) in [7, 11) is 1.68. The number of hydrogen-bond acceptors (Lipinski definition) is 4. The fourth-order valence-electron chi connectivity index (χ4n) is 3.21. The number of imide groups is 1. The molecule has 0 radical (unpaired) electrons. The van der Waals surface area contributed by atoms with Crippen LogP contribution in [0.3, 0.4) is 0 Å². The lowest BCUT2D eigenvalue weighted by Crippen LogP contribution is -2.51. The van der Waals surface area contributed by atoms with Gasteiger partial charge in [-0.1, -0.05) is 35.2 Å². The standard InChI is InChI=1S/C20H29BrN4O3/c1-13-11-15(21)9-10-17(13)23-18(26)12-25(3)14(2)19(27)24-20(28)22-16-7-5-4-6-8-16/h9-11,14,16H,4-8,12H2,1-3H3,(H,23,26)(H2,22,24,27,28). The van der Waals surface area contributed by atoms with Gasteiger partial charge in [0, 0.05) is 16.2 Å². The van der Waals surface area contributed by atoms with Crippen LogP contribution < -0.4 is 16.0 Å². The van der Waals surface area contributed by atoms with Crippen molar-refractivity contribution in [3.63, 3.8) is 0 Å². The highest BCUT2D eigenvalue weighted by Crippen LogP contribution is 2.20. The molecule has 1 aromatic rings. The van der Waals surface area contributed by atoms with Crippen molar-refractivity contribution in [2.24, 2.45) is 0 Å². The maximum absolute atomic E-state index is 12.3. The van der Waals surface area contributed by atoms with Crippen LogP contribution in [0.15, 0.2) is 22.7 Å². The number of aryl methyl sites for hydroxylation is 1. The quantitative estimate of drug-likeness (QED) is 0.617. The molecule has 1 fully saturated rings. The lowest BCUT2D eigenvalue weighted by Gasteiger charge is -2.25. The number of rotatable bonds is 6. The molecule has 0 heterocycles. The molecule has 1 aliphatic rings. The molecule has 4 amide bonds. The van der Waals surface area contributed by atoms with Gasteiger partial charge in [-0.2, -0.15) is 0 Å². The van der Waals surface area contributed by atoms with E-state index >= 15 is 0 Å². The number of halogens is 1. The molecule has 0 aromatic heterocycles. The number of anilines is 1. The van der Waals surface area contributed by atoms with Crippen molar-refractivity contribution in [1.29, 1.82) is 0 Å². The highest BCUT2D eigenvalue weighted by atomic mass is 79.9. The van der Waals surface area contributed by atoms with Crippen LogP contribution in [0.25, 0.3) is 0 Å². The predicted molar refractivity (Wildman–Crippen MR) is 113 cm³/mol. The molecule has 8 heteroatoms. The third kappa shape index (κ3) is 6.91. The van der Waals surface area contributed by atoms with Crippen molar-refractivity contribution in [2.45, 2.75) is 58.0 Å². The monoisotopic (exact) mass is 452 g/mol. The number of hydrogen-bond donors (Lipinski definition) is 3. The Bertz CT molecular complexity index is 719. The number of amides is 4. The first kappa shape index (κ1) is 22.4. The molecule has 1 aromatic carbocycles. The summed E-state index contributed by atoms with van der Waals surface area (Å²) in [6.45, 7) is 3.61. The van der Waals surface area contributed by atoms with Crippen molar-refractivity contribution < 1.29 is 14.4 Å². The molecule has 1 aliphatic carbocycles. The first-order valence-electron chi connectivity index (χ1n) is 9.64. The molecule has 1 saturated carbocycles. The lowest BCUT2D eigenvalue weighted by atomic mass is 9.96. The van der Waals surface area contributed by atoms with Gasteiger partial charge >= 0.3 is 6.03 Å². The molecular formula is C20H29BrN4O3. The van der Waals surface area contributed by atoms with E-state index in [1.54, 1.807) is 18.9 Å². The first-order valence-corrected chi connectivity index (χ1v) is 10.4. The van der Waals surface area contributed by atoms with Crippen LogP contribution in [0.1, 0.15) is 44.6 Å². The van der Waals surface area contributed by atoms with Crippen LogP contribution in [0, 0.1) is 6.92 Å². The van der Waals surface area contributed by atoms with Gasteiger partial charge in [-0.3, -0.25) is 19.8 Å². The van der Waals surface area contributed by atoms with E-state index < -0.39 is 18.0 Å². The maximum Gasteiger partial charge on any atom is 0.321 e. The fraction of sp³-hybridized carbons (Fsp3) is 0.550. The molecule has 0 saturated heterocycles. The van der Waals surface area contributed by atoms with E-state index in [1.165, 1.54) is 6.42 Å². The van der Waals surface area contributed by atoms with Gasteiger partial charge in [0.15, 0.2) is 0 Å². The molecule has 28 heavy (non-hydrogen) atoms. The van der Waals surface area contributed by atoms with Gasteiger partial charge in [-0.15, -0.1) is 0 Å². The van der Waals surface area contributed by atoms with E-state index in [1.807, 2.05) is 25.1 Å². The second-order valence-electron chi connectivity index (χ2n) is 7.40. The molecule has 0 bridgehead atoms.